The van der Waals surface area contributed by atoms with Crippen LogP contribution in [0.25, 0.3) is 0 Å². The van der Waals surface area contributed by atoms with Crippen molar-refractivity contribution < 1.29 is 23.1 Å². The van der Waals surface area contributed by atoms with Gasteiger partial charge < -0.3 is 5.11 Å². The quantitative estimate of drug-likeness (QED) is 0.816. The number of carbonyl (C=O) groups is 1. The van der Waals surface area contributed by atoms with Crippen LogP contribution in [0.5, 0.6) is 0 Å². The number of thioether (sulfide) groups is 1. The van der Waals surface area contributed by atoms with Crippen molar-refractivity contribution in [3.8, 4) is 0 Å². The van der Waals surface area contributed by atoms with Gasteiger partial charge in [-0.15, -0.1) is 11.8 Å². The number of carboxylic acid groups (broad SMARTS) is 1. The third-order valence-corrected chi connectivity index (χ3v) is 2.85. The topological polar surface area (TPSA) is 37.3 Å². The molecule has 0 spiro atoms. The minimum Gasteiger partial charge on any atom is -0.481 e. The van der Waals surface area contributed by atoms with Crippen LogP contribution >= 0.6 is 11.8 Å². The highest BCUT2D eigenvalue weighted by Crippen LogP contribution is 2.28. The maximum absolute atomic E-state index is 13.0. The Kier molecular flexibility index (Phi) is 4.23. The monoisotopic (exact) mass is 250 g/mol. The number of rotatable bonds is 5. The molecule has 1 aromatic rings. The first kappa shape index (κ1) is 12.9. The molecular formula is C10H9F3O2S. The van der Waals surface area contributed by atoms with Gasteiger partial charge in [0.1, 0.15) is 12.2 Å². The van der Waals surface area contributed by atoms with Crippen molar-refractivity contribution >= 4 is 17.7 Å². The van der Waals surface area contributed by atoms with Crippen molar-refractivity contribution in [1.82, 2.24) is 0 Å². The van der Waals surface area contributed by atoms with Crippen molar-refractivity contribution in [2.45, 2.75) is 17.2 Å². The summed E-state index contributed by atoms with van der Waals surface area (Å²) < 4.78 is 38.4. The van der Waals surface area contributed by atoms with Crippen molar-refractivity contribution in [1.29, 1.82) is 0 Å². The Bertz CT molecular complexity index is 365. The molecule has 0 radical (unpaired) electrons. The molecule has 0 unspecified atom stereocenters. The summed E-state index contributed by atoms with van der Waals surface area (Å²) in [5, 5.41) is 8.24. The van der Waals surface area contributed by atoms with Gasteiger partial charge in [-0.05, 0) is 24.3 Å². The van der Waals surface area contributed by atoms with Gasteiger partial charge in [-0.25, -0.2) is 13.2 Å². The summed E-state index contributed by atoms with van der Waals surface area (Å²) in [6.07, 6.45) is -1.19. The minimum absolute atomic E-state index is 0.443. The molecule has 0 saturated heterocycles. The molecule has 1 aromatic carbocycles. The van der Waals surface area contributed by atoms with Gasteiger partial charge in [-0.1, -0.05) is 0 Å². The summed E-state index contributed by atoms with van der Waals surface area (Å²) in [5.74, 6) is -5.87. The van der Waals surface area contributed by atoms with E-state index in [0.717, 1.165) is 23.9 Å². The Balaban J connectivity index is 2.50. The van der Waals surface area contributed by atoms with Crippen LogP contribution in [0.1, 0.15) is 6.42 Å². The van der Waals surface area contributed by atoms with E-state index in [-0.39, 0.29) is 0 Å². The lowest BCUT2D eigenvalue weighted by Gasteiger charge is -2.12. The fourth-order valence-electron chi connectivity index (χ4n) is 0.992. The molecule has 0 heterocycles. The van der Waals surface area contributed by atoms with Crippen molar-refractivity contribution in [2.24, 2.45) is 0 Å². The summed E-state index contributed by atoms with van der Waals surface area (Å²) >= 11 is 0.798. The van der Waals surface area contributed by atoms with Crippen LogP contribution < -0.4 is 0 Å². The molecule has 0 aliphatic carbocycles. The molecule has 1 N–H and O–H groups in total. The highest BCUT2D eigenvalue weighted by atomic mass is 32.2. The zero-order valence-electron chi connectivity index (χ0n) is 8.12. The molecule has 0 saturated carbocycles. The van der Waals surface area contributed by atoms with Crippen LogP contribution in [0.2, 0.25) is 0 Å². The van der Waals surface area contributed by atoms with Gasteiger partial charge in [-0.2, -0.15) is 0 Å². The van der Waals surface area contributed by atoms with Gasteiger partial charge in [0.25, 0.3) is 5.92 Å². The lowest BCUT2D eigenvalue weighted by atomic mass is 10.3. The molecule has 0 bridgehead atoms. The van der Waals surface area contributed by atoms with E-state index in [2.05, 4.69) is 0 Å². The summed E-state index contributed by atoms with van der Waals surface area (Å²) in [4.78, 5) is 10.6. The van der Waals surface area contributed by atoms with E-state index in [1.54, 1.807) is 0 Å². The zero-order chi connectivity index (χ0) is 12.2. The Morgan fingerprint density at radius 3 is 2.38 bits per heavy atom. The fourth-order valence-corrected chi connectivity index (χ4v) is 1.80. The highest BCUT2D eigenvalue weighted by molar-refractivity contribution is 7.99. The molecule has 0 aliphatic heterocycles. The second kappa shape index (κ2) is 5.25. The van der Waals surface area contributed by atoms with E-state index < -0.39 is 29.9 Å². The normalized spacial score (nSPS) is 11.4. The number of aliphatic carboxylic acids is 1. The van der Waals surface area contributed by atoms with Crippen LogP contribution in [0.15, 0.2) is 29.2 Å². The van der Waals surface area contributed by atoms with E-state index in [0.29, 0.717) is 4.90 Å². The van der Waals surface area contributed by atoms with Crippen LogP contribution in [0, 0.1) is 5.82 Å². The molecule has 0 fully saturated rings. The number of hydrogen-bond donors (Lipinski definition) is 1. The minimum atomic E-state index is -3.26. The molecule has 6 heteroatoms. The van der Waals surface area contributed by atoms with E-state index in [9.17, 15) is 18.0 Å². The van der Waals surface area contributed by atoms with Crippen LogP contribution in [-0.4, -0.2) is 22.8 Å². The average molecular weight is 250 g/mol. The largest absolute Gasteiger partial charge is 0.481 e. The Labute approximate surface area is 94.5 Å². The van der Waals surface area contributed by atoms with E-state index in [1.807, 2.05) is 0 Å². The van der Waals surface area contributed by atoms with Gasteiger partial charge in [0.2, 0.25) is 0 Å². The van der Waals surface area contributed by atoms with Crippen LogP contribution in [0.4, 0.5) is 13.2 Å². The van der Waals surface area contributed by atoms with Crippen LogP contribution in [0.3, 0.4) is 0 Å². The molecule has 1 rings (SSSR count). The lowest BCUT2D eigenvalue weighted by molar-refractivity contribution is -0.143. The third kappa shape index (κ3) is 4.57. The number of halogens is 3. The van der Waals surface area contributed by atoms with Crippen LogP contribution in [-0.2, 0) is 4.79 Å². The predicted molar refractivity (Wildman–Crippen MR) is 54.3 cm³/mol. The zero-order valence-corrected chi connectivity index (χ0v) is 8.94. The first-order valence-electron chi connectivity index (χ1n) is 4.37. The first-order valence-corrected chi connectivity index (χ1v) is 5.36. The maximum Gasteiger partial charge on any atom is 0.309 e. The second-order valence-corrected chi connectivity index (χ2v) is 4.22. The van der Waals surface area contributed by atoms with Gasteiger partial charge >= 0.3 is 5.97 Å². The van der Waals surface area contributed by atoms with Crippen molar-refractivity contribution in [3.05, 3.63) is 30.1 Å². The third-order valence-electron chi connectivity index (χ3n) is 1.67. The number of benzene rings is 1. The standard InChI is InChI=1S/C10H9F3O2S/c11-7-1-3-8(4-2-7)16-6-10(12,13)5-9(14)15/h1-4H,5-6H2,(H,14,15). The smallest absolute Gasteiger partial charge is 0.309 e. The van der Waals surface area contributed by atoms with Gasteiger partial charge in [0.15, 0.2) is 0 Å². The lowest BCUT2D eigenvalue weighted by Crippen LogP contribution is -2.23. The Morgan fingerprint density at radius 1 is 1.31 bits per heavy atom. The first-order chi connectivity index (χ1) is 7.39. The molecule has 2 nitrogen and oxygen atoms in total. The molecule has 0 aliphatic rings. The highest BCUT2D eigenvalue weighted by Gasteiger charge is 2.32. The summed E-state index contributed by atoms with van der Waals surface area (Å²) in [5.41, 5.74) is 0. The number of hydrogen-bond acceptors (Lipinski definition) is 2. The molecule has 0 atom stereocenters. The Hall–Kier alpha value is -1.17. The Morgan fingerprint density at radius 2 is 1.88 bits per heavy atom. The molecular weight excluding hydrogens is 241 g/mol. The molecule has 16 heavy (non-hydrogen) atoms. The van der Waals surface area contributed by atoms with Gasteiger partial charge in [-0.3, -0.25) is 4.79 Å². The fraction of sp³-hybridized carbons (Fsp3) is 0.300. The van der Waals surface area contributed by atoms with Crippen molar-refractivity contribution in [3.63, 3.8) is 0 Å². The number of carboxylic acids is 1. The SMILES string of the molecule is O=C(O)CC(F)(F)CSc1ccc(F)cc1. The van der Waals surface area contributed by atoms with Gasteiger partial charge in [0.05, 0.1) is 5.75 Å². The summed E-state index contributed by atoms with van der Waals surface area (Å²) in [7, 11) is 0. The van der Waals surface area contributed by atoms with Gasteiger partial charge in [0, 0.05) is 4.90 Å². The molecule has 88 valence electrons. The van der Waals surface area contributed by atoms with E-state index >= 15 is 0 Å². The second-order valence-electron chi connectivity index (χ2n) is 3.17. The maximum atomic E-state index is 13.0. The molecule has 0 aromatic heterocycles. The summed E-state index contributed by atoms with van der Waals surface area (Å²) in [6.45, 7) is 0. The van der Waals surface area contributed by atoms with E-state index in [4.69, 9.17) is 5.11 Å². The van der Waals surface area contributed by atoms with E-state index in [1.165, 1.54) is 12.1 Å². The summed E-state index contributed by atoms with van der Waals surface area (Å²) in [6, 6.07) is 5.07. The molecule has 0 amide bonds. The predicted octanol–water partition coefficient (Wildman–Crippen LogP) is 3.03. The number of alkyl halides is 2. The van der Waals surface area contributed by atoms with Crippen molar-refractivity contribution in [2.75, 3.05) is 5.75 Å². The average Bonchev–Trinajstić information content (AvgIpc) is 2.15.